The summed E-state index contributed by atoms with van der Waals surface area (Å²) in [6.07, 6.45) is 2.84. The summed E-state index contributed by atoms with van der Waals surface area (Å²) in [5.41, 5.74) is 1.08. The lowest BCUT2D eigenvalue weighted by atomic mass is 9.88. The molecule has 0 saturated carbocycles. The summed E-state index contributed by atoms with van der Waals surface area (Å²) in [4.78, 5) is 29.8. The Morgan fingerprint density at radius 3 is 2.71 bits per heavy atom. The molecule has 3 N–H and O–H groups in total. The maximum Gasteiger partial charge on any atom is 0.293 e. The van der Waals surface area contributed by atoms with Crippen LogP contribution in [0.15, 0.2) is 53.6 Å². The zero-order valence-electron chi connectivity index (χ0n) is 17.3. The summed E-state index contributed by atoms with van der Waals surface area (Å²) in [5, 5.41) is 18.9. The van der Waals surface area contributed by atoms with Crippen molar-refractivity contribution in [2.45, 2.75) is 31.3 Å². The number of rotatable bonds is 7. The van der Waals surface area contributed by atoms with E-state index >= 15 is 0 Å². The van der Waals surface area contributed by atoms with Gasteiger partial charge in [0.05, 0.1) is 22.2 Å². The minimum absolute atomic E-state index is 0.105. The first-order valence-corrected chi connectivity index (χ1v) is 10.3. The highest BCUT2D eigenvalue weighted by Gasteiger charge is 2.34. The van der Waals surface area contributed by atoms with Gasteiger partial charge in [-0.25, -0.2) is 4.98 Å². The molecule has 1 atom stereocenters. The van der Waals surface area contributed by atoms with Gasteiger partial charge in [0.2, 0.25) is 0 Å². The van der Waals surface area contributed by atoms with E-state index in [-0.39, 0.29) is 22.7 Å². The standard InChI is InChI=1S/C22H25N5O4/c1-15(16-5-3-2-4-6-16)26-22(7-9-31-10-8-22)13-23-19-12-18-17(11-20(19)27(29)30)21(28)25-14-24-18/h2-6,11-12,14-15,23,26H,7-10,13H2,1H3,(H,24,25,28). The number of fused-ring (bicyclic) bond motifs is 1. The number of hydrogen-bond acceptors (Lipinski definition) is 7. The monoisotopic (exact) mass is 423 g/mol. The number of ether oxygens (including phenoxy) is 1. The highest BCUT2D eigenvalue weighted by molar-refractivity contribution is 5.86. The second-order valence-electron chi connectivity index (χ2n) is 7.90. The van der Waals surface area contributed by atoms with E-state index in [9.17, 15) is 14.9 Å². The lowest BCUT2D eigenvalue weighted by Gasteiger charge is -2.41. The number of H-pyrrole nitrogens is 1. The molecule has 1 unspecified atom stereocenters. The van der Waals surface area contributed by atoms with E-state index in [0.717, 1.165) is 12.8 Å². The number of aromatic amines is 1. The van der Waals surface area contributed by atoms with Gasteiger partial charge in [-0.2, -0.15) is 0 Å². The molecule has 4 rings (SSSR count). The van der Waals surface area contributed by atoms with Crippen molar-refractivity contribution in [2.24, 2.45) is 0 Å². The minimum atomic E-state index is -0.481. The summed E-state index contributed by atoms with van der Waals surface area (Å²) >= 11 is 0. The van der Waals surface area contributed by atoms with Crippen molar-refractivity contribution in [1.29, 1.82) is 0 Å². The second-order valence-corrected chi connectivity index (χ2v) is 7.90. The molecule has 162 valence electrons. The predicted octanol–water partition coefficient (Wildman–Crippen LogP) is 3.14. The molecule has 0 bridgehead atoms. The number of hydrogen-bond donors (Lipinski definition) is 3. The predicted molar refractivity (Wildman–Crippen MR) is 118 cm³/mol. The van der Waals surface area contributed by atoms with E-state index in [2.05, 4.69) is 39.7 Å². The summed E-state index contributed by atoms with van der Waals surface area (Å²) < 4.78 is 5.57. The Morgan fingerprint density at radius 1 is 1.26 bits per heavy atom. The number of aromatic nitrogens is 2. The fourth-order valence-corrected chi connectivity index (χ4v) is 4.08. The third-order valence-corrected chi connectivity index (χ3v) is 5.84. The number of nitro benzene ring substituents is 1. The number of nitrogens with zero attached hydrogens (tertiary/aromatic N) is 2. The molecule has 1 aliphatic rings. The molecule has 31 heavy (non-hydrogen) atoms. The number of nitro groups is 1. The van der Waals surface area contributed by atoms with Crippen LogP contribution in [0.1, 0.15) is 31.4 Å². The highest BCUT2D eigenvalue weighted by atomic mass is 16.6. The molecule has 2 aromatic carbocycles. The second kappa shape index (κ2) is 8.83. The van der Waals surface area contributed by atoms with Crippen LogP contribution in [0.5, 0.6) is 0 Å². The van der Waals surface area contributed by atoms with Crippen LogP contribution in [0, 0.1) is 10.1 Å². The van der Waals surface area contributed by atoms with Gasteiger partial charge in [-0.3, -0.25) is 14.9 Å². The molecule has 9 heteroatoms. The van der Waals surface area contributed by atoms with Crippen molar-refractivity contribution in [1.82, 2.24) is 15.3 Å². The lowest BCUT2D eigenvalue weighted by molar-refractivity contribution is -0.383. The zero-order chi connectivity index (χ0) is 21.8. The van der Waals surface area contributed by atoms with Crippen molar-refractivity contribution in [2.75, 3.05) is 25.1 Å². The van der Waals surface area contributed by atoms with Crippen molar-refractivity contribution < 1.29 is 9.66 Å². The Hall–Kier alpha value is -3.30. The van der Waals surface area contributed by atoms with Crippen LogP contribution in [0.2, 0.25) is 0 Å². The summed E-state index contributed by atoms with van der Waals surface area (Å²) in [6.45, 7) is 3.82. The molecular formula is C22H25N5O4. The molecule has 0 radical (unpaired) electrons. The van der Waals surface area contributed by atoms with E-state index in [1.54, 1.807) is 6.07 Å². The summed E-state index contributed by atoms with van der Waals surface area (Å²) in [6, 6.07) is 13.1. The molecule has 1 saturated heterocycles. The molecule has 2 heterocycles. The van der Waals surface area contributed by atoms with Gasteiger partial charge in [-0.1, -0.05) is 30.3 Å². The third kappa shape index (κ3) is 4.57. The molecule has 0 spiro atoms. The number of benzene rings is 2. The lowest BCUT2D eigenvalue weighted by Crippen LogP contribution is -2.54. The Kier molecular flexibility index (Phi) is 5.97. The van der Waals surface area contributed by atoms with Crippen LogP contribution in [0.3, 0.4) is 0 Å². The Morgan fingerprint density at radius 2 is 2.00 bits per heavy atom. The molecule has 3 aromatic rings. The smallest absolute Gasteiger partial charge is 0.293 e. The van der Waals surface area contributed by atoms with Crippen molar-refractivity contribution in [3.63, 3.8) is 0 Å². The van der Waals surface area contributed by atoms with Gasteiger partial charge >= 0.3 is 0 Å². The van der Waals surface area contributed by atoms with Crippen molar-refractivity contribution in [3.8, 4) is 0 Å². The number of nitrogens with one attached hydrogen (secondary N) is 3. The van der Waals surface area contributed by atoms with Crippen molar-refractivity contribution >= 4 is 22.3 Å². The molecule has 0 aliphatic carbocycles. The molecule has 0 amide bonds. The van der Waals surface area contributed by atoms with Crippen LogP contribution in [-0.4, -0.2) is 40.2 Å². The van der Waals surface area contributed by atoms with E-state index < -0.39 is 10.5 Å². The fraction of sp³-hybridized carbons (Fsp3) is 0.364. The largest absolute Gasteiger partial charge is 0.381 e. The normalized spacial score (nSPS) is 16.7. The average molecular weight is 423 g/mol. The quantitative estimate of drug-likeness (QED) is 0.394. The van der Waals surface area contributed by atoms with E-state index in [1.807, 2.05) is 18.2 Å². The van der Waals surface area contributed by atoms with Gasteiger partial charge in [-0.05, 0) is 31.4 Å². The fourth-order valence-electron chi connectivity index (χ4n) is 4.08. The van der Waals surface area contributed by atoms with Crippen LogP contribution in [0.4, 0.5) is 11.4 Å². The van der Waals surface area contributed by atoms with Gasteiger partial charge < -0.3 is 20.4 Å². The molecular weight excluding hydrogens is 398 g/mol. The summed E-state index contributed by atoms with van der Waals surface area (Å²) in [7, 11) is 0. The first-order valence-electron chi connectivity index (χ1n) is 10.3. The SMILES string of the molecule is CC(NC1(CNc2cc3nc[nH]c(=O)c3cc2[N+](=O)[O-])CCOCC1)c1ccccc1. The Bertz CT molecular complexity index is 1130. The Balaban J connectivity index is 1.61. The van der Waals surface area contributed by atoms with Crippen LogP contribution in [0.25, 0.3) is 10.9 Å². The average Bonchev–Trinajstić information content (AvgIpc) is 2.78. The summed E-state index contributed by atoms with van der Waals surface area (Å²) in [5.74, 6) is 0. The highest BCUT2D eigenvalue weighted by Crippen LogP contribution is 2.31. The topological polar surface area (TPSA) is 122 Å². The van der Waals surface area contributed by atoms with Crippen LogP contribution >= 0.6 is 0 Å². The number of anilines is 1. The maximum atomic E-state index is 12.0. The minimum Gasteiger partial charge on any atom is -0.381 e. The van der Waals surface area contributed by atoms with E-state index in [0.29, 0.717) is 31.0 Å². The van der Waals surface area contributed by atoms with Gasteiger partial charge in [0.1, 0.15) is 5.69 Å². The van der Waals surface area contributed by atoms with Gasteiger partial charge in [0, 0.05) is 37.4 Å². The molecule has 1 fully saturated rings. The van der Waals surface area contributed by atoms with E-state index in [4.69, 9.17) is 4.74 Å². The molecule has 1 aliphatic heterocycles. The molecule has 1 aromatic heterocycles. The Labute approximate surface area is 179 Å². The van der Waals surface area contributed by atoms with Gasteiger partial charge in [-0.15, -0.1) is 0 Å². The van der Waals surface area contributed by atoms with Crippen LogP contribution < -0.4 is 16.2 Å². The van der Waals surface area contributed by atoms with Gasteiger partial charge in [0.15, 0.2) is 0 Å². The maximum absolute atomic E-state index is 12.0. The van der Waals surface area contributed by atoms with Gasteiger partial charge in [0.25, 0.3) is 11.2 Å². The first-order chi connectivity index (χ1) is 15.0. The first kappa shape index (κ1) is 21.0. The zero-order valence-corrected chi connectivity index (χ0v) is 17.3. The van der Waals surface area contributed by atoms with Crippen LogP contribution in [-0.2, 0) is 4.74 Å². The third-order valence-electron chi connectivity index (χ3n) is 5.84. The van der Waals surface area contributed by atoms with E-state index in [1.165, 1.54) is 18.0 Å². The molecule has 9 nitrogen and oxygen atoms in total. The van der Waals surface area contributed by atoms with Crippen molar-refractivity contribution in [3.05, 3.63) is 74.8 Å².